The van der Waals surface area contributed by atoms with Crippen molar-refractivity contribution in [1.29, 1.82) is 0 Å². The van der Waals surface area contributed by atoms with Crippen LogP contribution in [-0.4, -0.2) is 82.0 Å². The van der Waals surface area contributed by atoms with E-state index >= 15 is 0 Å². The highest BCUT2D eigenvalue weighted by atomic mass is 16.4. The molecule has 1 aliphatic heterocycles. The van der Waals surface area contributed by atoms with Gasteiger partial charge in [-0.2, -0.15) is 0 Å². The van der Waals surface area contributed by atoms with E-state index in [1.54, 1.807) is 30.3 Å². The van der Waals surface area contributed by atoms with E-state index < -0.39 is 53.8 Å². The normalized spacial score (nSPS) is 17.5. The number of hydrogen-bond donors (Lipinski definition) is 6. The number of likely N-dealkylation sites (tertiary alicyclic amines) is 1. The number of unbranched alkanes of at least 4 members (excludes halogenated alkanes) is 1. The lowest BCUT2D eigenvalue weighted by Gasteiger charge is -2.29. The van der Waals surface area contributed by atoms with Crippen molar-refractivity contribution >= 4 is 29.7 Å². The first-order valence-electron chi connectivity index (χ1n) is 12.5. The fraction of sp³-hybridized carbons (Fsp3) is 0.560. The van der Waals surface area contributed by atoms with Crippen LogP contribution in [0.2, 0.25) is 0 Å². The van der Waals surface area contributed by atoms with Gasteiger partial charge in [-0.3, -0.25) is 19.2 Å². The van der Waals surface area contributed by atoms with Gasteiger partial charge in [0.05, 0.1) is 6.04 Å². The molecule has 1 aromatic carbocycles. The minimum Gasteiger partial charge on any atom is -0.481 e. The number of aliphatic carboxylic acids is 2. The molecule has 0 saturated carbocycles. The summed E-state index contributed by atoms with van der Waals surface area (Å²) < 4.78 is 0. The Balaban J connectivity index is 2.21. The van der Waals surface area contributed by atoms with Gasteiger partial charge >= 0.3 is 11.9 Å². The van der Waals surface area contributed by atoms with Crippen molar-refractivity contribution in [3.8, 4) is 0 Å². The lowest BCUT2D eigenvalue weighted by molar-refractivity contribution is -0.149. The second kappa shape index (κ2) is 14.9. The summed E-state index contributed by atoms with van der Waals surface area (Å²) in [6.45, 7) is 0.679. The average Bonchev–Trinajstić information content (AvgIpc) is 3.37. The van der Waals surface area contributed by atoms with Crippen molar-refractivity contribution in [1.82, 2.24) is 15.5 Å². The Hall–Kier alpha value is -3.51. The van der Waals surface area contributed by atoms with Gasteiger partial charge in [0.25, 0.3) is 0 Å². The molecule has 204 valence electrons. The van der Waals surface area contributed by atoms with Crippen molar-refractivity contribution in [2.75, 3.05) is 13.1 Å². The van der Waals surface area contributed by atoms with Crippen LogP contribution in [-0.2, 0) is 30.4 Å². The molecule has 2 rings (SSSR count). The van der Waals surface area contributed by atoms with Crippen molar-refractivity contribution < 1.29 is 34.2 Å². The molecule has 1 saturated heterocycles. The molecular formula is C25H37N5O7. The van der Waals surface area contributed by atoms with E-state index in [4.69, 9.17) is 16.6 Å². The lowest BCUT2D eigenvalue weighted by Crippen LogP contribution is -2.57. The van der Waals surface area contributed by atoms with Gasteiger partial charge in [-0.15, -0.1) is 0 Å². The van der Waals surface area contributed by atoms with E-state index in [9.17, 15) is 29.1 Å². The molecule has 0 spiro atoms. The van der Waals surface area contributed by atoms with E-state index in [1.807, 2.05) is 0 Å². The highest BCUT2D eigenvalue weighted by Gasteiger charge is 2.38. The molecule has 37 heavy (non-hydrogen) atoms. The zero-order valence-corrected chi connectivity index (χ0v) is 20.8. The predicted molar refractivity (Wildman–Crippen MR) is 134 cm³/mol. The fourth-order valence-corrected chi connectivity index (χ4v) is 4.26. The van der Waals surface area contributed by atoms with Crippen LogP contribution in [0.15, 0.2) is 30.3 Å². The Morgan fingerprint density at radius 2 is 1.65 bits per heavy atom. The summed E-state index contributed by atoms with van der Waals surface area (Å²) in [5.41, 5.74) is 12.2. The maximum atomic E-state index is 13.4. The summed E-state index contributed by atoms with van der Waals surface area (Å²) in [5, 5.41) is 23.7. The summed E-state index contributed by atoms with van der Waals surface area (Å²) in [6, 6.07) is 4.76. The van der Waals surface area contributed by atoms with Gasteiger partial charge in [-0.1, -0.05) is 30.3 Å². The third kappa shape index (κ3) is 9.47. The number of carboxylic acid groups (broad SMARTS) is 2. The predicted octanol–water partition coefficient (Wildman–Crippen LogP) is -0.405. The fourth-order valence-electron chi connectivity index (χ4n) is 4.26. The molecule has 0 aromatic heterocycles. The van der Waals surface area contributed by atoms with Crippen LogP contribution in [0, 0.1) is 0 Å². The number of nitrogens with one attached hydrogen (secondary N) is 2. The minimum atomic E-state index is -1.13. The van der Waals surface area contributed by atoms with E-state index in [-0.39, 0.29) is 32.2 Å². The van der Waals surface area contributed by atoms with Crippen LogP contribution in [0.25, 0.3) is 0 Å². The number of carbonyl (C=O) groups excluding carboxylic acids is 3. The Bertz CT molecular complexity index is 943. The van der Waals surface area contributed by atoms with E-state index in [1.165, 1.54) is 4.90 Å². The zero-order valence-electron chi connectivity index (χ0n) is 20.8. The third-order valence-corrected chi connectivity index (χ3v) is 6.30. The molecule has 12 heteroatoms. The average molecular weight is 520 g/mol. The number of hydrogen-bond acceptors (Lipinski definition) is 7. The molecule has 1 heterocycles. The molecule has 0 aliphatic carbocycles. The summed E-state index contributed by atoms with van der Waals surface area (Å²) in [7, 11) is 0. The molecule has 8 N–H and O–H groups in total. The first-order valence-corrected chi connectivity index (χ1v) is 12.5. The number of rotatable bonds is 15. The Morgan fingerprint density at radius 3 is 2.27 bits per heavy atom. The SMILES string of the molecule is NCCCCC(NC(=O)C(Cc1ccccc1)NC(=O)C(N)CCC(=O)O)C(=O)N1CCCC1C(=O)O. The van der Waals surface area contributed by atoms with Crippen molar-refractivity contribution in [2.45, 2.75) is 75.5 Å². The Kier molecular flexibility index (Phi) is 12.0. The van der Waals surface area contributed by atoms with Gasteiger partial charge in [-0.25, -0.2) is 4.79 Å². The van der Waals surface area contributed by atoms with E-state index in [0.717, 1.165) is 5.56 Å². The van der Waals surface area contributed by atoms with Crippen LogP contribution in [0.1, 0.15) is 50.5 Å². The number of nitrogens with two attached hydrogens (primary N) is 2. The number of amides is 3. The van der Waals surface area contributed by atoms with Crippen LogP contribution in [0.5, 0.6) is 0 Å². The third-order valence-electron chi connectivity index (χ3n) is 6.30. The molecular weight excluding hydrogens is 482 g/mol. The van der Waals surface area contributed by atoms with Gasteiger partial charge in [-0.05, 0) is 50.6 Å². The molecule has 4 unspecified atom stereocenters. The first kappa shape index (κ1) is 29.7. The molecule has 3 amide bonds. The molecule has 0 bridgehead atoms. The van der Waals surface area contributed by atoms with Gasteiger partial charge in [0.1, 0.15) is 18.1 Å². The number of carbonyl (C=O) groups is 5. The minimum absolute atomic E-state index is 0.105. The number of nitrogens with zero attached hydrogens (tertiary/aromatic N) is 1. The van der Waals surface area contributed by atoms with Crippen molar-refractivity contribution in [3.63, 3.8) is 0 Å². The summed E-state index contributed by atoms with van der Waals surface area (Å²) in [5.74, 6) is -3.99. The summed E-state index contributed by atoms with van der Waals surface area (Å²) in [4.78, 5) is 63.1. The van der Waals surface area contributed by atoms with Crippen LogP contribution >= 0.6 is 0 Å². The van der Waals surface area contributed by atoms with Gasteiger partial charge in [0.2, 0.25) is 17.7 Å². The highest BCUT2D eigenvalue weighted by Crippen LogP contribution is 2.20. The Morgan fingerprint density at radius 1 is 0.973 bits per heavy atom. The quantitative estimate of drug-likeness (QED) is 0.166. The maximum Gasteiger partial charge on any atom is 0.326 e. The molecule has 1 aliphatic rings. The number of benzene rings is 1. The van der Waals surface area contributed by atoms with Crippen LogP contribution < -0.4 is 22.1 Å². The molecule has 12 nitrogen and oxygen atoms in total. The standard InChI is InChI=1S/C25H37N5O7/c26-13-5-4-9-18(24(35)30-14-6-10-20(30)25(36)37)28-23(34)19(15-16-7-2-1-3-8-16)29-22(33)17(27)11-12-21(31)32/h1-3,7-8,17-20H,4-6,9-15,26-27H2,(H,28,34)(H,29,33)(H,31,32)(H,36,37). The first-order chi connectivity index (χ1) is 17.6. The number of carboxylic acids is 2. The van der Waals surface area contributed by atoms with Crippen LogP contribution in [0.3, 0.4) is 0 Å². The van der Waals surface area contributed by atoms with E-state index in [0.29, 0.717) is 32.2 Å². The van der Waals surface area contributed by atoms with Gasteiger partial charge in [0.15, 0.2) is 0 Å². The second-order valence-corrected chi connectivity index (χ2v) is 9.16. The molecule has 4 atom stereocenters. The lowest BCUT2D eigenvalue weighted by atomic mass is 10.0. The molecule has 0 radical (unpaired) electrons. The Labute approximate surface area is 215 Å². The maximum absolute atomic E-state index is 13.4. The van der Waals surface area contributed by atoms with Crippen molar-refractivity contribution in [3.05, 3.63) is 35.9 Å². The zero-order chi connectivity index (χ0) is 27.4. The molecule has 1 fully saturated rings. The summed E-state index contributed by atoms with van der Waals surface area (Å²) >= 11 is 0. The van der Waals surface area contributed by atoms with Crippen molar-refractivity contribution in [2.24, 2.45) is 11.5 Å². The monoisotopic (exact) mass is 519 g/mol. The van der Waals surface area contributed by atoms with Crippen LogP contribution in [0.4, 0.5) is 0 Å². The largest absolute Gasteiger partial charge is 0.481 e. The second-order valence-electron chi connectivity index (χ2n) is 9.16. The smallest absolute Gasteiger partial charge is 0.326 e. The van der Waals surface area contributed by atoms with E-state index in [2.05, 4.69) is 10.6 Å². The van der Waals surface area contributed by atoms with Gasteiger partial charge < -0.3 is 37.2 Å². The summed E-state index contributed by atoms with van der Waals surface area (Å²) in [6.07, 6.45) is 2.00. The molecule has 1 aromatic rings. The highest BCUT2D eigenvalue weighted by molar-refractivity contribution is 5.94. The van der Waals surface area contributed by atoms with Gasteiger partial charge in [0, 0.05) is 19.4 Å². The topological polar surface area (TPSA) is 205 Å².